The minimum Gasteiger partial charge on any atom is -0.182 e. The van der Waals surface area contributed by atoms with Gasteiger partial charge < -0.3 is 0 Å². The Hall–Kier alpha value is -1.95. The van der Waals surface area contributed by atoms with Crippen molar-refractivity contribution in [1.29, 1.82) is 0 Å². The van der Waals surface area contributed by atoms with Crippen LogP contribution in [0.2, 0.25) is 10.0 Å². The summed E-state index contributed by atoms with van der Waals surface area (Å²) < 4.78 is 1.75. The molecule has 2 aromatic carbocycles. The molecule has 4 aromatic rings. The number of fused-ring (bicyclic) bond motifs is 1. The Bertz CT molecular complexity index is 1020. The van der Waals surface area contributed by atoms with Crippen molar-refractivity contribution in [3.05, 3.63) is 58.1 Å². The largest absolute Gasteiger partial charge is 0.235 e. The highest BCUT2D eigenvalue weighted by molar-refractivity contribution is 7.19. The van der Waals surface area contributed by atoms with Gasteiger partial charge in [0.1, 0.15) is 5.01 Å². The number of nitrogens with zero attached hydrogens (tertiary/aromatic N) is 4. The van der Waals surface area contributed by atoms with Gasteiger partial charge in [-0.3, -0.25) is 0 Å². The summed E-state index contributed by atoms with van der Waals surface area (Å²) in [7, 11) is 0. The highest BCUT2D eigenvalue weighted by Crippen LogP contribution is 2.34. The van der Waals surface area contributed by atoms with Crippen LogP contribution >= 0.6 is 34.5 Å². The Morgan fingerprint density at radius 1 is 1.04 bits per heavy atom. The molecule has 114 valence electrons. The molecule has 2 aromatic heterocycles. The fourth-order valence-electron chi connectivity index (χ4n) is 2.35. The van der Waals surface area contributed by atoms with Crippen LogP contribution in [-0.4, -0.2) is 19.8 Å². The van der Waals surface area contributed by atoms with Gasteiger partial charge in [0.15, 0.2) is 5.82 Å². The summed E-state index contributed by atoms with van der Waals surface area (Å²) in [6.45, 7) is 2.04. The van der Waals surface area contributed by atoms with Gasteiger partial charge in [0, 0.05) is 16.1 Å². The Kier molecular flexibility index (Phi) is 3.56. The summed E-state index contributed by atoms with van der Waals surface area (Å²) in [5.74, 6) is 0.719. The number of halogens is 2. The predicted molar refractivity (Wildman–Crippen MR) is 94.3 cm³/mol. The number of rotatable bonds is 2. The van der Waals surface area contributed by atoms with Gasteiger partial charge in [-0.15, -0.1) is 10.2 Å². The van der Waals surface area contributed by atoms with Crippen molar-refractivity contribution < 1.29 is 0 Å². The van der Waals surface area contributed by atoms with Gasteiger partial charge in [0.25, 0.3) is 0 Å². The van der Waals surface area contributed by atoms with E-state index in [0.717, 1.165) is 32.5 Å². The molecule has 0 unspecified atom stereocenters. The highest BCUT2D eigenvalue weighted by atomic mass is 35.5. The lowest BCUT2D eigenvalue weighted by molar-refractivity contribution is 0.970. The Balaban J connectivity index is 1.86. The normalized spacial score (nSPS) is 11.3. The van der Waals surface area contributed by atoms with Crippen LogP contribution in [0.4, 0.5) is 0 Å². The third-order valence-corrected chi connectivity index (χ3v) is 4.91. The maximum absolute atomic E-state index is 6.27. The molecule has 7 heteroatoms. The van der Waals surface area contributed by atoms with Crippen molar-refractivity contribution in [3.63, 3.8) is 0 Å². The first-order valence-corrected chi connectivity index (χ1v) is 8.44. The van der Waals surface area contributed by atoms with Gasteiger partial charge >= 0.3 is 0 Å². The van der Waals surface area contributed by atoms with Crippen LogP contribution in [0.5, 0.6) is 0 Å². The molecule has 0 fully saturated rings. The Morgan fingerprint density at radius 2 is 1.91 bits per heavy atom. The smallest absolute Gasteiger partial charge is 0.182 e. The van der Waals surface area contributed by atoms with Crippen molar-refractivity contribution in [2.24, 2.45) is 0 Å². The van der Waals surface area contributed by atoms with E-state index in [1.165, 1.54) is 11.3 Å². The molecule has 2 heterocycles. The fourth-order valence-corrected chi connectivity index (χ4v) is 3.79. The van der Waals surface area contributed by atoms with Crippen molar-refractivity contribution in [2.45, 2.75) is 6.92 Å². The number of hydrogen-bond donors (Lipinski definition) is 0. The lowest BCUT2D eigenvalue weighted by atomic mass is 10.1. The van der Waals surface area contributed by atoms with Crippen LogP contribution in [0.15, 0.2) is 42.5 Å². The minimum absolute atomic E-state index is 0.569. The van der Waals surface area contributed by atoms with Crippen molar-refractivity contribution in [2.75, 3.05) is 0 Å². The Labute approximate surface area is 146 Å². The lowest BCUT2D eigenvalue weighted by Crippen LogP contribution is -1.91. The quantitative estimate of drug-likeness (QED) is 0.497. The summed E-state index contributed by atoms with van der Waals surface area (Å²) in [6.07, 6.45) is 0. The summed E-state index contributed by atoms with van der Waals surface area (Å²) in [4.78, 5) is 0.725. The first-order valence-electron chi connectivity index (χ1n) is 6.86. The van der Waals surface area contributed by atoms with Crippen LogP contribution in [0.3, 0.4) is 0 Å². The van der Waals surface area contributed by atoms with Gasteiger partial charge in [0.05, 0.1) is 5.02 Å². The summed E-state index contributed by atoms with van der Waals surface area (Å²) in [6, 6.07) is 13.5. The van der Waals surface area contributed by atoms with Crippen LogP contribution < -0.4 is 0 Å². The second-order valence-corrected chi connectivity index (χ2v) is 6.92. The third kappa shape index (κ3) is 2.61. The number of aryl methyl sites for hydroxylation is 1. The molecule has 0 saturated heterocycles. The van der Waals surface area contributed by atoms with Crippen molar-refractivity contribution in [1.82, 2.24) is 19.8 Å². The summed E-state index contributed by atoms with van der Waals surface area (Å²) >= 11 is 13.7. The van der Waals surface area contributed by atoms with Crippen molar-refractivity contribution in [3.8, 4) is 22.0 Å². The summed E-state index contributed by atoms with van der Waals surface area (Å²) in [5.41, 5.74) is 2.98. The van der Waals surface area contributed by atoms with E-state index in [4.69, 9.17) is 23.2 Å². The highest BCUT2D eigenvalue weighted by Gasteiger charge is 2.16. The van der Waals surface area contributed by atoms with Crippen LogP contribution in [0.25, 0.3) is 26.9 Å². The molecule has 0 aliphatic carbocycles. The molecule has 4 nitrogen and oxygen atoms in total. The molecule has 0 bridgehead atoms. The number of benzene rings is 2. The van der Waals surface area contributed by atoms with E-state index in [2.05, 4.69) is 21.4 Å². The van der Waals surface area contributed by atoms with E-state index in [1.807, 2.05) is 31.2 Å². The minimum atomic E-state index is 0.569. The molecule has 0 aliphatic rings. The molecule has 0 N–H and O–H groups in total. The van der Waals surface area contributed by atoms with Gasteiger partial charge in [-0.25, -0.2) is 0 Å². The topological polar surface area (TPSA) is 43.1 Å². The van der Waals surface area contributed by atoms with Gasteiger partial charge in [0.2, 0.25) is 4.96 Å². The molecular formula is C16H10Cl2N4S. The predicted octanol–water partition coefficient (Wildman–Crippen LogP) is 5.14. The third-order valence-electron chi connectivity index (χ3n) is 3.43. The SMILES string of the molecule is Cc1cccc(-c2nnc3sc(-c4ccc(Cl)cc4Cl)nn23)c1. The fraction of sp³-hybridized carbons (Fsp3) is 0.0625. The van der Waals surface area contributed by atoms with Gasteiger partial charge in [-0.2, -0.15) is 9.61 Å². The molecule has 0 atom stereocenters. The maximum atomic E-state index is 6.27. The van der Waals surface area contributed by atoms with E-state index in [9.17, 15) is 0 Å². The van der Waals surface area contributed by atoms with E-state index in [0.29, 0.717) is 10.0 Å². The second-order valence-electron chi connectivity index (χ2n) is 5.12. The molecule has 0 saturated carbocycles. The van der Waals surface area contributed by atoms with Crippen molar-refractivity contribution >= 4 is 39.5 Å². The van der Waals surface area contributed by atoms with Crippen LogP contribution in [-0.2, 0) is 0 Å². The molecule has 0 aliphatic heterocycles. The van der Waals surface area contributed by atoms with Crippen LogP contribution in [0.1, 0.15) is 5.56 Å². The maximum Gasteiger partial charge on any atom is 0.235 e. The molecule has 23 heavy (non-hydrogen) atoms. The summed E-state index contributed by atoms with van der Waals surface area (Å²) in [5, 5.41) is 15.0. The first kappa shape index (κ1) is 14.6. The number of hydrogen-bond acceptors (Lipinski definition) is 4. The number of aromatic nitrogens is 4. The Morgan fingerprint density at radius 3 is 2.70 bits per heavy atom. The zero-order valence-electron chi connectivity index (χ0n) is 12.0. The standard InChI is InChI=1S/C16H10Cl2N4S/c1-9-3-2-4-10(7-9)14-19-20-16-22(14)21-15(23-16)12-6-5-11(17)8-13(12)18/h2-8H,1H3. The van der Waals surface area contributed by atoms with E-state index in [-0.39, 0.29) is 0 Å². The first-order chi connectivity index (χ1) is 11.1. The second kappa shape index (κ2) is 5.60. The van der Waals surface area contributed by atoms with E-state index >= 15 is 0 Å². The van der Waals surface area contributed by atoms with Gasteiger partial charge in [-0.1, -0.05) is 58.3 Å². The average Bonchev–Trinajstić information content (AvgIpc) is 3.07. The lowest BCUT2D eigenvalue weighted by Gasteiger charge is -2.00. The van der Waals surface area contributed by atoms with Gasteiger partial charge in [-0.05, 0) is 31.2 Å². The molecule has 0 amide bonds. The molecule has 4 rings (SSSR count). The van der Waals surface area contributed by atoms with Crippen LogP contribution in [0, 0.1) is 6.92 Å². The zero-order chi connectivity index (χ0) is 16.0. The van der Waals surface area contributed by atoms with E-state index in [1.54, 1.807) is 16.6 Å². The molecule has 0 radical (unpaired) electrons. The zero-order valence-corrected chi connectivity index (χ0v) is 14.3. The molecule has 0 spiro atoms. The average molecular weight is 361 g/mol. The monoisotopic (exact) mass is 360 g/mol. The van der Waals surface area contributed by atoms with E-state index < -0.39 is 0 Å². The molecular weight excluding hydrogens is 351 g/mol.